The van der Waals surface area contributed by atoms with E-state index in [0.717, 1.165) is 11.1 Å². The van der Waals surface area contributed by atoms with Crippen molar-refractivity contribution in [3.8, 4) is 0 Å². The number of halogens is 1. The van der Waals surface area contributed by atoms with Crippen LogP contribution < -0.4 is 11.1 Å². The highest BCUT2D eigenvalue weighted by atomic mass is 35.5. The van der Waals surface area contributed by atoms with Gasteiger partial charge in [-0.05, 0) is 51.0 Å². The van der Waals surface area contributed by atoms with Crippen molar-refractivity contribution in [3.63, 3.8) is 0 Å². The molecule has 0 aliphatic carbocycles. The summed E-state index contributed by atoms with van der Waals surface area (Å²) in [6.45, 7) is 7.96. The minimum Gasteiger partial charge on any atom is -0.350 e. The van der Waals surface area contributed by atoms with Crippen LogP contribution in [0.2, 0.25) is 0 Å². The molecular formula is C20H25ClN2O2. The summed E-state index contributed by atoms with van der Waals surface area (Å²) in [5.41, 5.74) is 8.91. The van der Waals surface area contributed by atoms with Crippen LogP contribution in [-0.4, -0.2) is 23.8 Å². The van der Waals surface area contributed by atoms with Crippen LogP contribution in [0.3, 0.4) is 0 Å². The number of amides is 1. The topological polar surface area (TPSA) is 72.2 Å². The monoisotopic (exact) mass is 360 g/mol. The third-order valence-electron chi connectivity index (χ3n) is 3.89. The highest BCUT2D eigenvalue weighted by molar-refractivity contribution is 6.15. The lowest BCUT2D eigenvalue weighted by molar-refractivity contribution is 0.0935. The Hall–Kier alpha value is -2.17. The first-order valence-corrected chi connectivity index (χ1v) is 7.97. The molecule has 25 heavy (non-hydrogen) atoms. The Balaban J connectivity index is 0.00000312. The average Bonchev–Trinajstić information content (AvgIpc) is 2.54. The van der Waals surface area contributed by atoms with Gasteiger partial charge in [0.15, 0.2) is 5.78 Å². The minimum absolute atomic E-state index is 0. The summed E-state index contributed by atoms with van der Waals surface area (Å²) in [5.74, 6) is -0.447. The quantitative estimate of drug-likeness (QED) is 0.802. The van der Waals surface area contributed by atoms with Crippen molar-refractivity contribution in [1.82, 2.24) is 5.32 Å². The van der Waals surface area contributed by atoms with Gasteiger partial charge in [0.25, 0.3) is 5.91 Å². The number of nitrogens with two attached hydrogens (primary N) is 1. The summed E-state index contributed by atoms with van der Waals surface area (Å²) in [4.78, 5) is 25.3. The normalized spacial score (nSPS) is 10.8. The van der Waals surface area contributed by atoms with E-state index in [-0.39, 0.29) is 24.1 Å². The van der Waals surface area contributed by atoms with E-state index in [4.69, 9.17) is 5.73 Å². The van der Waals surface area contributed by atoms with E-state index in [2.05, 4.69) is 5.32 Å². The molecule has 5 heteroatoms. The van der Waals surface area contributed by atoms with E-state index >= 15 is 0 Å². The second-order valence-electron chi connectivity index (χ2n) is 6.85. The molecular weight excluding hydrogens is 336 g/mol. The van der Waals surface area contributed by atoms with Crippen molar-refractivity contribution < 1.29 is 9.59 Å². The third-order valence-corrected chi connectivity index (χ3v) is 3.89. The highest BCUT2D eigenvalue weighted by Crippen LogP contribution is 2.17. The molecule has 0 saturated carbocycles. The number of ketones is 1. The molecule has 0 aliphatic rings. The molecule has 2 aromatic rings. The minimum atomic E-state index is -0.511. The summed E-state index contributed by atoms with van der Waals surface area (Å²) < 4.78 is 0. The van der Waals surface area contributed by atoms with Crippen LogP contribution >= 0.6 is 12.4 Å². The number of nitrogens with one attached hydrogen (secondary N) is 1. The fourth-order valence-electron chi connectivity index (χ4n) is 2.32. The summed E-state index contributed by atoms with van der Waals surface area (Å²) in [5, 5.41) is 2.79. The second-order valence-corrected chi connectivity index (χ2v) is 6.85. The Morgan fingerprint density at radius 2 is 1.60 bits per heavy atom. The molecule has 3 N–H and O–H groups in total. The Morgan fingerprint density at radius 1 is 1.00 bits per heavy atom. The number of carbonyl (C=O) groups excluding carboxylic acids is 2. The molecule has 0 aliphatic heterocycles. The summed E-state index contributed by atoms with van der Waals surface area (Å²) in [6, 6.07) is 12.4. The highest BCUT2D eigenvalue weighted by Gasteiger charge is 2.20. The lowest BCUT2D eigenvalue weighted by Crippen LogP contribution is -2.45. The van der Waals surface area contributed by atoms with Gasteiger partial charge in [0, 0.05) is 23.2 Å². The Labute approximate surface area is 155 Å². The number of aryl methyl sites for hydroxylation is 2. The molecule has 0 radical (unpaired) electrons. The molecule has 0 atom stereocenters. The van der Waals surface area contributed by atoms with Gasteiger partial charge in [-0.2, -0.15) is 0 Å². The number of carbonyl (C=O) groups is 2. The smallest absolute Gasteiger partial charge is 0.252 e. The van der Waals surface area contributed by atoms with Crippen LogP contribution in [0.4, 0.5) is 0 Å². The zero-order valence-corrected chi connectivity index (χ0v) is 15.9. The number of benzene rings is 2. The van der Waals surface area contributed by atoms with Gasteiger partial charge < -0.3 is 11.1 Å². The maximum absolute atomic E-state index is 12.8. The van der Waals surface area contributed by atoms with E-state index in [1.54, 1.807) is 30.3 Å². The van der Waals surface area contributed by atoms with E-state index in [1.165, 1.54) is 0 Å². The van der Waals surface area contributed by atoms with E-state index < -0.39 is 5.54 Å². The molecule has 4 nitrogen and oxygen atoms in total. The van der Waals surface area contributed by atoms with Crippen molar-refractivity contribution in [2.24, 2.45) is 5.73 Å². The fraction of sp³-hybridized carbons (Fsp3) is 0.300. The van der Waals surface area contributed by atoms with Gasteiger partial charge in [0.2, 0.25) is 0 Å². The van der Waals surface area contributed by atoms with E-state index in [1.807, 2.05) is 39.8 Å². The molecule has 0 spiro atoms. The molecule has 2 aromatic carbocycles. The molecule has 1 amide bonds. The van der Waals surface area contributed by atoms with Crippen LogP contribution in [0.1, 0.15) is 51.3 Å². The van der Waals surface area contributed by atoms with Gasteiger partial charge in [-0.15, -0.1) is 12.4 Å². The zero-order chi connectivity index (χ0) is 17.9. The number of hydrogen-bond acceptors (Lipinski definition) is 3. The molecule has 0 aromatic heterocycles. The molecule has 0 saturated heterocycles. The molecule has 0 unspecified atom stereocenters. The lowest BCUT2D eigenvalue weighted by Gasteiger charge is -2.19. The van der Waals surface area contributed by atoms with Crippen LogP contribution in [0.15, 0.2) is 42.5 Å². The van der Waals surface area contributed by atoms with Crippen LogP contribution in [0.5, 0.6) is 0 Å². The largest absolute Gasteiger partial charge is 0.350 e. The molecule has 2 rings (SSSR count). The maximum atomic E-state index is 12.8. The van der Waals surface area contributed by atoms with Crippen molar-refractivity contribution in [3.05, 3.63) is 70.3 Å². The SMILES string of the molecule is Cc1ccc(C(=O)c2ccccc2C(=O)NCC(C)(C)N)cc1C.Cl. The second kappa shape index (κ2) is 8.28. The van der Waals surface area contributed by atoms with Crippen molar-refractivity contribution in [1.29, 1.82) is 0 Å². The van der Waals surface area contributed by atoms with Crippen molar-refractivity contribution in [2.45, 2.75) is 33.2 Å². The summed E-state index contributed by atoms with van der Waals surface area (Å²) in [6.07, 6.45) is 0. The Bertz CT molecular complexity index is 780. The summed E-state index contributed by atoms with van der Waals surface area (Å²) in [7, 11) is 0. The predicted octanol–water partition coefficient (Wildman–Crippen LogP) is 3.42. The van der Waals surface area contributed by atoms with Crippen LogP contribution in [0.25, 0.3) is 0 Å². The van der Waals surface area contributed by atoms with E-state index in [0.29, 0.717) is 23.2 Å². The van der Waals surface area contributed by atoms with Gasteiger partial charge in [0.1, 0.15) is 0 Å². The Kier molecular flexibility index (Phi) is 6.91. The lowest BCUT2D eigenvalue weighted by atomic mass is 9.95. The van der Waals surface area contributed by atoms with Gasteiger partial charge >= 0.3 is 0 Å². The van der Waals surface area contributed by atoms with E-state index in [9.17, 15) is 9.59 Å². The molecule has 134 valence electrons. The van der Waals surface area contributed by atoms with Gasteiger partial charge in [0.05, 0.1) is 5.56 Å². The van der Waals surface area contributed by atoms with Crippen molar-refractivity contribution >= 4 is 24.1 Å². The number of rotatable bonds is 5. The Morgan fingerprint density at radius 3 is 2.16 bits per heavy atom. The fourth-order valence-corrected chi connectivity index (χ4v) is 2.32. The number of hydrogen-bond donors (Lipinski definition) is 2. The third kappa shape index (κ3) is 5.41. The van der Waals surface area contributed by atoms with Gasteiger partial charge in [-0.3, -0.25) is 9.59 Å². The predicted molar refractivity (Wildman–Crippen MR) is 104 cm³/mol. The first kappa shape index (κ1) is 20.9. The van der Waals surface area contributed by atoms with Crippen LogP contribution in [-0.2, 0) is 0 Å². The maximum Gasteiger partial charge on any atom is 0.252 e. The first-order valence-electron chi connectivity index (χ1n) is 7.97. The average molecular weight is 361 g/mol. The van der Waals surface area contributed by atoms with Gasteiger partial charge in [-0.1, -0.05) is 30.3 Å². The molecule has 0 fully saturated rings. The summed E-state index contributed by atoms with van der Waals surface area (Å²) >= 11 is 0. The molecule has 0 bridgehead atoms. The van der Waals surface area contributed by atoms with Crippen molar-refractivity contribution in [2.75, 3.05) is 6.54 Å². The van der Waals surface area contributed by atoms with Gasteiger partial charge in [-0.25, -0.2) is 0 Å². The first-order chi connectivity index (χ1) is 11.2. The molecule has 0 heterocycles. The zero-order valence-electron chi connectivity index (χ0n) is 15.1. The van der Waals surface area contributed by atoms with Crippen LogP contribution in [0, 0.1) is 13.8 Å². The standard InChI is InChI=1S/C20H24N2O2.ClH/c1-13-9-10-15(11-14(13)2)18(23)16-7-5-6-8-17(16)19(24)22-12-20(3,4)21;/h5-11H,12,21H2,1-4H3,(H,22,24);1H.